The molecule has 0 N–H and O–H groups in total. The van der Waals surface area contributed by atoms with Crippen molar-refractivity contribution in [3.8, 4) is 16.9 Å². The highest BCUT2D eigenvalue weighted by molar-refractivity contribution is 6.42. The lowest BCUT2D eigenvalue weighted by molar-refractivity contribution is -0.302. The summed E-state index contributed by atoms with van der Waals surface area (Å²) in [5, 5.41) is 15.3. The van der Waals surface area contributed by atoms with Gasteiger partial charge in [0.15, 0.2) is 12.1 Å². The van der Waals surface area contributed by atoms with E-state index < -0.39 is 18.5 Å². The van der Waals surface area contributed by atoms with Crippen LogP contribution in [0.2, 0.25) is 15.1 Å². The molecule has 5 atom stereocenters. The topological polar surface area (TPSA) is 89.1 Å². The molecule has 43 heavy (non-hydrogen) atoms. The summed E-state index contributed by atoms with van der Waals surface area (Å²) >= 11 is 18.8. The van der Waals surface area contributed by atoms with Crippen molar-refractivity contribution in [1.29, 1.82) is 0 Å². The molecule has 4 heterocycles. The maximum Gasteiger partial charge on any atom is 0.184 e. The van der Waals surface area contributed by atoms with Crippen molar-refractivity contribution < 1.29 is 14.2 Å². The Labute approximate surface area is 263 Å². The molecule has 3 aromatic carbocycles. The number of benzene rings is 3. The molecule has 2 aromatic heterocycles. The van der Waals surface area contributed by atoms with Gasteiger partial charge in [-0.25, -0.2) is 14.3 Å². The molecule has 7 rings (SSSR count). The van der Waals surface area contributed by atoms with Crippen LogP contribution in [0.15, 0.2) is 72.9 Å². The zero-order chi connectivity index (χ0) is 29.7. The van der Waals surface area contributed by atoms with Crippen molar-refractivity contribution in [2.75, 3.05) is 6.61 Å². The van der Waals surface area contributed by atoms with E-state index >= 15 is 0 Å². The molecule has 2 aliphatic rings. The van der Waals surface area contributed by atoms with Crippen LogP contribution in [0.5, 0.6) is 0 Å². The van der Waals surface area contributed by atoms with E-state index in [1.54, 1.807) is 12.1 Å². The fourth-order valence-corrected chi connectivity index (χ4v) is 6.15. The van der Waals surface area contributed by atoms with Gasteiger partial charge < -0.3 is 14.2 Å². The van der Waals surface area contributed by atoms with Gasteiger partial charge >= 0.3 is 0 Å². The number of hydrogen-bond donors (Lipinski definition) is 0. The highest BCUT2D eigenvalue weighted by Gasteiger charge is 2.47. The summed E-state index contributed by atoms with van der Waals surface area (Å²) in [4.78, 5) is 4.81. The molecule has 5 unspecified atom stereocenters. The third kappa shape index (κ3) is 5.57. The Balaban J connectivity index is 1.26. The monoisotopic (exact) mass is 636 g/mol. The minimum atomic E-state index is -0.539. The molecule has 0 radical (unpaired) electrons. The normalized spacial score (nSPS) is 23.7. The largest absolute Gasteiger partial charge is 0.362 e. The first-order chi connectivity index (χ1) is 20.8. The average molecular weight is 638 g/mol. The van der Waals surface area contributed by atoms with Crippen LogP contribution < -0.4 is 0 Å². The van der Waals surface area contributed by atoms with Gasteiger partial charge in [-0.3, -0.25) is 0 Å². The third-order valence-corrected chi connectivity index (χ3v) is 8.77. The van der Waals surface area contributed by atoms with Crippen molar-refractivity contribution in [2.45, 2.75) is 50.9 Å². The minimum Gasteiger partial charge on any atom is -0.362 e. The van der Waals surface area contributed by atoms with Gasteiger partial charge in [0.2, 0.25) is 0 Å². The molecule has 0 aliphatic carbocycles. The van der Waals surface area contributed by atoms with Crippen LogP contribution in [0.4, 0.5) is 0 Å². The molecular weight excluding hydrogens is 611 g/mol. The molecule has 2 fully saturated rings. The molecule has 9 nitrogen and oxygen atoms in total. The van der Waals surface area contributed by atoms with E-state index in [0.29, 0.717) is 45.4 Å². The van der Waals surface area contributed by atoms with Gasteiger partial charge in [-0.2, -0.15) is 5.10 Å². The highest BCUT2D eigenvalue weighted by atomic mass is 35.5. The standard InChI is InChI=1S/C31H27Cl3N6O3/c1-17-8-10-21(32)13-25(17)40-30(35-18(2)37-40)27-14-26(39-15-24(36-38-39)20-9-11-22(33)23(34)12-20)29-28(42-27)16-41-31(43-29)19-6-4-3-5-7-19/h3-13,15,26-29,31H,14,16H2,1-2H3. The summed E-state index contributed by atoms with van der Waals surface area (Å²) in [6.07, 6.45) is 0.658. The van der Waals surface area contributed by atoms with Gasteiger partial charge in [0.05, 0.1) is 34.6 Å². The van der Waals surface area contributed by atoms with Crippen molar-refractivity contribution >= 4 is 34.8 Å². The summed E-state index contributed by atoms with van der Waals surface area (Å²) in [5.41, 5.74) is 4.26. The van der Waals surface area contributed by atoms with Crippen LogP contribution >= 0.6 is 34.8 Å². The molecule has 220 valence electrons. The number of nitrogens with zero attached hydrogens (tertiary/aromatic N) is 6. The Morgan fingerprint density at radius 2 is 1.74 bits per heavy atom. The Kier molecular flexibility index (Phi) is 7.71. The van der Waals surface area contributed by atoms with Crippen LogP contribution in [0.1, 0.15) is 47.6 Å². The third-order valence-electron chi connectivity index (χ3n) is 7.80. The maximum absolute atomic E-state index is 6.68. The zero-order valence-corrected chi connectivity index (χ0v) is 25.5. The average Bonchev–Trinajstić information content (AvgIpc) is 3.67. The molecule has 5 aromatic rings. The number of fused-ring (bicyclic) bond motifs is 1. The van der Waals surface area contributed by atoms with Crippen LogP contribution in [0.25, 0.3) is 16.9 Å². The highest BCUT2D eigenvalue weighted by Crippen LogP contribution is 2.44. The fourth-order valence-electron chi connectivity index (χ4n) is 5.69. The number of hydrogen-bond acceptors (Lipinski definition) is 7. The molecule has 12 heteroatoms. The van der Waals surface area contributed by atoms with Gasteiger partial charge in [-0.15, -0.1) is 5.10 Å². The Hall–Kier alpha value is -3.31. The van der Waals surface area contributed by atoms with Gasteiger partial charge in [0.25, 0.3) is 0 Å². The second-order valence-corrected chi connectivity index (χ2v) is 12.0. The van der Waals surface area contributed by atoms with Gasteiger partial charge in [-0.1, -0.05) is 82.5 Å². The molecule has 0 bridgehead atoms. The maximum atomic E-state index is 6.68. The van der Waals surface area contributed by atoms with Gasteiger partial charge in [-0.05, 0) is 43.7 Å². The first-order valence-electron chi connectivity index (χ1n) is 13.9. The van der Waals surface area contributed by atoms with Crippen molar-refractivity contribution in [3.63, 3.8) is 0 Å². The number of aromatic nitrogens is 6. The van der Waals surface area contributed by atoms with E-state index in [2.05, 4.69) is 10.3 Å². The van der Waals surface area contributed by atoms with Crippen LogP contribution in [0, 0.1) is 13.8 Å². The minimum absolute atomic E-state index is 0.256. The fraction of sp³-hybridized carbons (Fsp3) is 0.290. The Bertz CT molecular complexity index is 1780. The number of ether oxygens (including phenoxy) is 3. The van der Waals surface area contributed by atoms with Gasteiger partial charge in [0.1, 0.15) is 29.8 Å². The van der Waals surface area contributed by atoms with E-state index in [0.717, 1.165) is 22.4 Å². The van der Waals surface area contributed by atoms with Crippen LogP contribution in [-0.2, 0) is 14.2 Å². The second kappa shape index (κ2) is 11.6. The summed E-state index contributed by atoms with van der Waals surface area (Å²) in [7, 11) is 0. The van der Waals surface area contributed by atoms with Crippen LogP contribution in [0.3, 0.4) is 0 Å². The predicted molar refractivity (Wildman–Crippen MR) is 163 cm³/mol. The second-order valence-electron chi connectivity index (χ2n) is 10.7. The van der Waals surface area contributed by atoms with E-state index in [4.69, 9.17) is 59.1 Å². The molecule has 2 saturated heterocycles. The lowest BCUT2D eigenvalue weighted by Gasteiger charge is -2.45. The van der Waals surface area contributed by atoms with Gasteiger partial charge in [0, 0.05) is 22.6 Å². The van der Waals surface area contributed by atoms with E-state index in [-0.39, 0.29) is 12.1 Å². The number of rotatable bonds is 5. The first kappa shape index (κ1) is 28.5. The SMILES string of the molecule is Cc1nc(C2CC(n3cc(-c4ccc(Cl)c(Cl)c4)nn3)C3OC(c4ccccc4)OCC3O2)n(-c2cc(Cl)ccc2C)n1. The summed E-state index contributed by atoms with van der Waals surface area (Å²) < 4.78 is 23.1. The Morgan fingerprint density at radius 3 is 2.56 bits per heavy atom. The molecular formula is C31H27Cl3N6O3. The van der Waals surface area contributed by atoms with Crippen molar-refractivity contribution in [3.05, 3.63) is 111 Å². The lowest BCUT2D eigenvalue weighted by Crippen LogP contribution is -2.51. The van der Waals surface area contributed by atoms with E-state index in [9.17, 15) is 0 Å². The zero-order valence-electron chi connectivity index (χ0n) is 23.3. The first-order valence-corrected chi connectivity index (χ1v) is 15.0. The van der Waals surface area contributed by atoms with E-state index in [1.165, 1.54) is 0 Å². The number of aryl methyl sites for hydroxylation is 2. The summed E-state index contributed by atoms with van der Waals surface area (Å²) in [6.45, 7) is 4.20. The molecule has 0 spiro atoms. The van der Waals surface area contributed by atoms with Crippen LogP contribution in [-0.4, -0.2) is 48.6 Å². The summed E-state index contributed by atoms with van der Waals surface area (Å²) in [5.74, 6) is 1.29. The van der Waals surface area contributed by atoms with Crippen molar-refractivity contribution in [2.24, 2.45) is 0 Å². The summed E-state index contributed by atoms with van der Waals surface area (Å²) in [6, 6.07) is 20.7. The predicted octanol–water partition coefficient (Wildman–Crippen LogP) is 7.29. The molecule has 0 saturated carbocycles. The van der Waals surface area contributed by atoms with E-state index in [1.807, 2.05) is 84.0 Å². The Morgan fingerprint density at radius 1 is 0.907 bits per heavy atom. The lowest BCUT2D eigenvalue weighted by atomic mass is 9.93. The number of halogens is 3. The van der Waals surface area contributed by atoms with Crippen molar-refractivity contribution in [1.82, 2.24) is 29.8 Å². The molecule has 0 amide bonds. The molecule has 2 aliphatic heterocycles. The smallest absolute Gasteiger partial charge is 0.184 e. The quantitative estimate of drug-likeness (QED) is 0.200.